The second-order valence-corrected chi connectivity index (χ2v) is 8.27. The third-order valence-corrected chi connectivity index (χ3v) is 5.96. The van der Waals surface area contributed by atoms with Gasteiger partial charge in [-0.15, -0.1) is 0 Å². The average molecular weight is 496 g/mol. The van der Waals surface area contributed by atoms with E-state index in [1.807, 2.05) is 30.3 Å². The molecule has 1 aliphatic rings. The largest absolute Gasteiger partial charge is 0.497 e. The van der Waals surface area contributed by atoms with E-state index in [4.69, 9.17) is 9.47 Å². The van der Waals surface area contributed by atoms with Gasteiger partial charge >= 0.3 is 6.03 Å². The van der Waals surface area contributed by atoms with Gasteiger partial charge in [-0.05, 0) is 64.9 Å². The molecular formula is C29H21FN2O5. The van der Waals surface area contributed by atoms with E-state index in [9.17, 15) is 18.8 Å². The first kappa shape index (κ1) is 23.7. The molecule has 8 heteroatoms. The van der Waals surface area contributed by atoms with Crippen molar-refractivity contribution in [3.8, 4) is 11.5 Å². The van der Waals surface area contributed by atoms with E-state index >= 15 is 0 Å². The Labute approximate surface area is 211 Å². The number of carbonyl (C=O) groups is 3. The number of fused-ring (bicyclic) bond motifs is 1. The van der Waals surface area contributed by atoms with Gasteiger partial charge in [0.25, 0.3) is 11.8 Å². The molecule has 37 heavy (non-hydrogen) atoms. The predicted octanol–water partition coefficient (Wildman–Crippen LogP) is 5.23. The summed E-state index contributed by atoms with van der Waals surface area (Å²) in [6, 6.07) is 22.5. The molecular weight excluding hydrogens is 475 g/mol. The Balaban J connectivity index is 1.56. The molecule has 0 spiro atoms. The van der Waals surface area contributed by atoms with Crippen LogP contribution >= 0.6 is 0 Å². The number of urea groups is 1. The number of amides is 4. The molecule has 4 aromatic rings. The summed E-state index contributed by atoms with van der Waals surface area (Å²) in [4.78, 5) is 39.7. The van der Waals surface area contributed by atoms with Crippen LogP contribution in [0.3, 0.4) is 0 Å². The molecule has 184 valence electrons. The number of barbiturate groups is 1. The Morgan fingerprint density at radius 3 is 2.35 bits per heavy atom. The van der Waals surface area contributed by atoms with Gasteiger partial charge < -0.3 is 9.47 Å². The van der Waals surface area contributed by atoms with E-state index < -0.39 is 17.8 Å². The molecule has 0 atom stereocenters. The van der Waals surface area contributed by atoms with Gasteiger partial charge in [-0.3, -0.25) is 14.9 Å². The van der Waals surface area contributed by atoms with Gasteiger partial charge in [0, 0.05) is 5.56 Å². The van der Waals surface area contributed by atoms with Crippen molar-refractivity contribution in [3.63, 3.8) is 0 Å². The first-order valence-electron chi connectivity index (χ1n) is 11.4. The lowest BCUT2D eigenvalue weighted by atomic mass is 9.99. The Morgan fingerprint density at radius 2 is 1.62 bits per heavy atom. The second-order valence-electron chi connectivity index (χ2n) is 8.27. The van der Waals surface area contributed by atoms with Gasteiger partial charge in [0.15, 0.2) is 0 Å². The van der Waals surface area contributed by atoms with Crippen molar-refractivity contribution in [1.82, 2.24) is 5.32 Å². The van der Waals surface area contributed by atoms with Crippen molar-refractivity contribution in [3.05, 3.63) is 107 Å². The standard InChI is InChI=1S/C29H21FN2O5/c1-36-22-13-11-21(12-14-22)32-28(34)25(27(33)31-29(32)35)16-24-23-5-3-2-4-19(23)8-15-26(24)37-17-18-6-9-20(30)10-7-18/h2-16H,17H2,1H3,(H,31,33,35)/b25-16+. The van der Waals surface area contributed by atoms with Crippen LogP contribution in [0.25, 0.3) is 16.8 Å². The number of nitrogens with one attached hydrogen (secondary N) is 1. The number of benzene rings is 4. The Morgan fingerprint density at radius 1 is 0.892 bits per heavy atom. The van der Waals surface area contributed by atoms with Crippen LogP contribution in [-0.2, 0) is 16.2 Å². The van der Waals surface area contributed by atoms with Crippen molar-refractivity contribution in [2.45, 2.75) is 6.61 Å². The zero-order valence-electron chi connectivity index (χ0n) is 19.7. The molecule has 0 unspecified atom stereocenters. The lowest BCUT2D eigenvalue weighted by Crippen LogP contribution is -2.54. The third-order valence-electron chi connectivity index (χ3n) is 5.96. The van der Waals surface area contributed by atoms with E-state index in [-0.39, 0.29) is 23.7 Å². The highest BCUT2D eigenvalue weighted by Gasteiger charge is 2.37. The number of hydrogen-bond acceptors (Lipinski definition) is 5. The molecule has 1 N–H and O–H groups in total. The quantitative estimate of drug-likeness (QED) is 0.292. The summed E-state index contributed by atoms with van der Waals surface area (Å²) in [7, 11) is 1.51. The molecule has 0 aromatic heterocycles. The molecule has 4 aromatic carbocycles. The summed E-state index contributed by atoms with van der Waals surface area (Å²) in [5.41, 5.74) is 1.31. The number of rotatable bonds is 6. The van der Waals surface area contributed by atoms with Crippen molar-refractivity contribution in [2.75, 3.05) is 12.0 Å². The third kappa shape index (κ3) is 4.77. The normalized spacial score (nSPS) is 14.7. The van der Waals surface area contributed by atoms with Gasteiger partial charge in [0.2, 0.25) is 0 Å². The molecule has 0 saturated carbocycles. The number of carbonyl (C=O) groups excluding carboxylic acids is 3. The fourth-order valence-corrected chi connectivity index (χ4v) is 4.06. The van der Waals surface area contributed by atoms with Crippen LogP contribution in [-0.4, -0.2) is 25.0 Å². The van der Waals surface area contributed by atoms with Crippen molar-refractivity contribution in [1.29, 1.82) is 0 Å². The first-order valence-corrected chi connectivity index (χ1v) is 11.4. The minimum Gasteiger partial charge on any atom is -0.497 e. The van der Waals surface area contributed by atoms with E-state index in [0.717, 1.165) is 21.2 Å². The van der Waals surface area contributed by atoms with Crippen molar-refractivity contribution < 1.29 is 28.2 Å². The fraction of sp³-hybridized carbons (Fsp3) is 0.0690. The Bertz CT molecular complexity index is 1550. The number of imide groups is 2. The molecule has 7 nitrogen and oxygen atoms in total. The van der Waals surface area contributed by atoms with Crippen LogP contribution in [0.4, 0.5) is 14.9 Å². The highest BCUT2D eigenvalue weighted by Crippen LogP contribution is 2.32. The minimum atomic E-state index is -0.844. The lowest BCUT2D eigenvalue weighted by Gasteiger charge is -2.26. The molecule has 5 rings (SSSR count). The monoisotopic (exact) mass is 496 g/mol. The van der Waals surface area contributed by atoms with E-state index in [0.29, 0.717) is 17.1 Å². The van der Waals surface area contributed by atoms with Crippen LogP contribution < -0.4 is 19.7 Å². The number of hydrogen-bond donors (Lipinski definition) is 1. The zero-order chi connectivity index (χ0) is 25.9. The minimum absolute atomic E-state index is 0.144. The number of anilines is 1. The summed E-state index contributed by atoms with van der Waals surface area (Å²) in [6.45, 7) is 0.144. The summed E-state index contributed by atoms with van der Waals surface area (Å²) >= 11 is 0. The fourth-order valence-electron chi connectivity index (χ4n) is 4.06. The van der Waals surface area contributed by atoms with E-state index in [1.54, 1.807) is 42.5 Å². The molecule has 1 aliphatic heterocycles. The number of nitrogens with zero attached hydrogens (tertiary/aromatic N) is 1. The lowest BCUT2D eigenvalue weighted by molar-refractivity contribution is -0.122. The topological polar surface area (TPSA) is 84.9 Å². The maximum atomic E-state index is 13.4. The number of halogens is 1. The van der Waals surface area contributed by atoms with Crippen LogP contribution in [0.2, 0.25) is 0 Å². The molecule has 4 amide bonds. The molecule has 0 aliphatic carbocycles. The van der Waals surface area contributed by atoms with Crippen LogP contribution in [0.1, 0.15) is 11.1 Å². The smallest absolute Gasteiger partial charge is 0.335 e. The number of ether oxygens (including phenoxy) is 2. The highest BCUT2D eigenvalue weighted by molar-refractivity contribution is 6.39. The van der Waals surface area contributed by atoms with Crippen LogP contribution in [0.5, 0.6) is 11.5 Å². The molecule has 0 radical (unpaired) electrons. The zero-order valence-corrected chi connectivity index (χ0v) is 19.7. The highest BCUT2D eigenvalue weighted by atomic mass is 19.1. The van der Waals surface area contributed by atoms with Crippen molar-refractivity contribution >= 4 is 40.4 Å². The molecule has 0 bridgehead atoms. The van der Waals surface area contributed by atoms with E-state index in [1.165, 1.54) is 25.3 Å². The summed E-state index contributed by atoms with van der Waals surface area (Å²) < 4.78 is 24.5. The van der Waals surface area contributed by atoms with Gasteiger partial charge in [-0.2, -0.15) is 0 Å². The Kier molecular flexibility index (Phi) is 6.38. The van der Waals surface area contributed by atoms with Gasteiger partial charge in [-0.25, -0.2) is 14.1 Å². The summed E-state index contributed by atoms with van der Waals surface area (Å²) in [6.07, 6.45) is 1.43. The van der Waals surface area contributed by atoms with Gasteiger partial charge in [0.05, 0.1) is 12.8 Å². The number of methoxy groups -OCH3 is 1. The maximum Gasteiger partial charge on any atom is 0.335 e. The van der Waals surface area contributed by atoms with Gasteiger partial charge in [0.1, 0.15) is 29.5 Å². The molecule has 1 fully saturated rings. The maximum absolute atomic E-state index is 13.4. The SMILES string of the molecule is COc1ccc(N2C(=O)NC(=O)/C(=C\c3c(OCc4ccc(F)cc4)ccc4ccccc34)C2=O)cc1. The van der Waals surface area contributed by atoms with Crippen molar-refractivity contribution in [2.24, 2.45) is 0 Å². The second kappa shape index (κ2) is 9.94. The van der Waals surface area contributed by atoms with Gasteiger partial charge in [-0.1, -0.05) is 42.5 Å². The average Bonchev–Trinajstić information content (AvgIpc) is 2.91. The predicted molar refractivity (Wildman–Crippen MR) is 137 cm³/mol. The Hall–Kier alpha value is -4.98. The summed E-state index contributed by atoms with van der Waals surface area (Å²) in [5, 5.41) is 3.86. The van der Waals surface area contributed by atoms with Crippen LogP contribution in [0, 0.1) is 5.82 Å². The molecule has 1 saturated heterocycles. The molecule has 1 heterocycles. The van der Waals surface area contributed by atoms with Crippen LogP contribution in [0.15, 0.2) is 90.5 Å². The first-order chi connectivity index (χ1) is 17.9. The summed E-state index contributed by atoms with van der Waals surface area (Å²) in [5.74, 6) is -0.950. The van der Waals surface area contributed by atoms with E-state index in [2.05, 4.69) is 5.32 Å².